The first-order chi connectivity index (χ1) is 4.43. The molecule has 0 spiro atoms. The Morgan fingerprint density at radius 1 is 1.44 bits per heavy atom. The van der Waals surface area contributed by atoms with Gasteiger partial charge in [-0.2, -0.15) is 11.8 Å². The van der Waals surface area contributed by atoms with E-state index in [1.807, 2.05) is 11.8 Å². The maximum atomic E-state index is 9.73. The van der Waals surface area contributed by atoms with Crippen molar-refractivity contribution < 1.29 is 4.79 Å². The van der Waals surface area contributed by atoms with Crippen LogP contribution in [0.15, 0.2) is 5.10 Å². The van der Waals surface area contributed by atoms with E-state index in [2.05, 4.69) is 5.10 Å². The third-order valence-corrected chi connectivity index (χ3v) is 2.11. The molecule has 1 rings (SSSR count). The fraction of sp³-hybridized carbons (Fsp3) is 0.800. The number of nitrogens with zero attached hydrogens (tertiary/aromatic N) is 2. The zero-order chi connectivity index (χ0) is 6.53. The van der Waals surface area contributed by atoms with Gasteiger partial charge in [-0.05, 0) is 0 Å². The summed E-state index contributed by atoms with van der Waals surface area (Å²) in [6, 6.07) is 0. The van der Waals surface area contributed by atoms with E-state index in [-0.39, 0.29) is 0 Å². The minimum Gasteiger partial charge on any atom is -0.284 e. The number of hydrogen-bond donors (Lipinski definition) is 0. The average molecular weight is 144 g/mol. The first-order valence-corrected chi connectivity index (χ1v) is 3.99. The van der Waals surface area contributed by atoms with E-state index in [9.17, 15) is 4.79 Å². The summed E-state index contributed by atoms with van der Waals surface area (Å²) in [7, 11) is 0. The van der Waals surface area contributed by atoms with Gasteiger partial charge in [-0.1, -0.05) is 5.10 Å². The molecule has 3 nitrogen and oxygen atoms in total. The highest BCUT2D eigenvalue weighted by molar-refractivity contribution is 7.99. The Labute approximate surface area is 58.1 Å². The summed E-state index contributed by atoms with van der Waals surface area (Å²) in [5, 5.41) is 5.25. The average Bonchev–Trinajstić information content (AvgIpc) is 1.91. The standard InChI is InChI=1S/C5H8N2OS/c8-5-6-7-1-3-9-4-2-7/h1-4H2. The molecule has 0 saturated carbocycles. The number of carbonyl (C=O) groups excluding carboxylic acids is 1. The van der Waals surface area contributed by atoms with Crippen LogP contribution >= 0.6 is 11.8 Å². The summed E-state index contributed by atoms with van der Waals surface area (Å²) < 4.78 is 0. The molecule has 1 aliphatic heterocycles. The van der Waals surface area contributed by atoms with E-state index in [0.29, 0.717) is 0 Å². The minimum atomic E-state index is 0.889. The number of hydrazone groups is 1. The Bertz CT molecular complexity index is 127. The van der Waals surface area contributed by atoms with Crippen LogP contribution in [-0.2, 0) is 4.79 Å². The number of isocyanates is 1. The van der Waals surface area contributed by atoms with Crippen molar-refractivity contribution in [1.29, 1.82) is 0 Å². The molecule has 0 atom stereocenters. The van der Waals surface area contributed by atoms with Gasteiger partial charge in [-0.3, -0.25) is 5.01 Å². The lowest BCUT2D eigenvalue weighted by Crippen LogP contribution is -2.27. The van der Waals surface area contributed by atoms with Gasteiger partial charge in [0.25, 0.3) is 6.08 Å². The van der Waals surface area contributed by atoms with Crippen LogP contribution < -0.4 is 0 Å². The van der Waals surface area contributed by atoms with E-state index in [1.54, 1.807) is 5.01 Å². The predicted molar refractivity (Wildman–Crippen MR) is 37.0 cm³/mol. The molecule has 50 valence electrons. The lowest BCUT2D eigenvalue weighted by molar-refractivity contribution is 0.317. The van der Waals surface area contributed by atoms with Gasteiger partial charge in [0.15, 0.2) is 0 Å². The molecule has 0 bridgehead atoms. The first-order valence-electron chi connectivity index (χ1n) is 2.84. The highest BCUT2D eigenvalue weighted by atomic mass is 32.2. The van der Waals surface area contributed by atoms with Crippen LogP contribution in [0.3, 0.4) is 0 Å². The van der Waals surface area contributed by atoms with Crippen LogP contribution in [0, 0.1) is 0 Å². The third-order valence-electron chi connectivity index (χ3n) is 1.17. The topological polar surface area (TPSA) is 32.7 Å². The fourth-order valence-electron chi connectivity index (χ4n) is 0.711. The second kappa shape index (κ2) is 3.54. The van der Waals surface area contributed by atoms with Gasteiger partial charge in [0, 0.05) is 24.6 Å². The summed E-state index contributed by atoms with van der Waals surface area (Å²) in [5.74, 6) is 2.15. The molecule has 4 heteroatoms. The Kier molecular flexibility index (Phi) is 2.61. The van der Waals surface area contributed by atoms with Gasteiger partial charge in [0.05, 0.1) is 0 Å². The molecule has 1 aliphatic rings. The van der Waals surface area contributed by atoms with Crippen LogP contribution in [0.25, 0.3) is 0 Å². The maximum Gasteiger partial charge on any atom is 0.258 e. The molecule has 0 N–H and O–H groups in total. The monoisotopic (exact) mass is 144 g/mol. The Balaban J connectivity index is 2.31. The zero-order valence-corrected chi connectivity index (χ0v) is 5.86. The molecule has 1 heterocycles. The van der Waals surface area contributed by atoms with Gasteiger partial charge < -0.3 is 0 Å². The zero-order valence-electron chi connectivity index (χ0n) is 5.04. The molecule has 0 aromatic rings. The maximum absolute atomic E-state index is 9.73. The van der Waals surface area contributed by atoms with E-state index in [4.69, 9.17) is 0 Å². The second-order valence-electron chi connectivity index (χ2n) is 1.76. The highest BCUT2D eigenvalue weighted by Gasteiger charge is 2.05. The van der Waals surface area contributed by atoms with Crippen LogP contribution in [0.5, 0.6) is 0 Å². The molecule has 0 aromatic heterocycles. The largest absolute Gasteiger partial charge is 0.284 e. The lowest BCUT2D eigenvalue weighted by Gasteiger charge is -2.20. The van der Waals surface area contributed by atoms with E-state index >= 15 is 0 Å². The molecular formula is C5H8N2OS. The quantitative estimate of drug-likeness (QED) is 0.391. The minimum absolute atomic E-state index is 0.889. The van der Waals surface area contributed by atoms with Crippen molar-refractivity contribution in [2.24, 2.45) is 5.10 Å². The molecule has 0 aromatic carbocycles. The van der Waals surface area contributed by atoms with Crippen LogP contribution in [0.1, 0.15) is 0 Å². The number of hydrogen-bond acceptors (Lipinski definition) is 4. The van der Waals surface area contributed by atoms with Gasteiger partial charge in [-0.15, -0.1) is 0 Å². The number of thioether (sulfide) groups is 1. The van der Waals surface area contributed by atoms with E-state index < -0.39 is 0 Å². The number of rotatable bonds is 1. The first kappa shape index (κ1) is 6.65. The van der Waals surface area contributed by atoms with Crippen molar-refractivity contribution in [2.45, 2.75) is 0 Å². The van der Waals surface area contributed by atoms with Crippen molar-refractivity contribution >= 4 is 17.8 Å². The molecular weight excluding hydrogens is 136 g/mol. The highest BCUT2D eigenvalue weighted by Crippen LogP contribution is 2.07. The third kappa shape index (κ3) is 2.08. The normalized spacial score (nSPS) is 18.9. The molecule has 0 radical (unpaired) electrons. The molecule has 0 unspecified atom stereocenters. The summed E-state index contributed by atoms with van der Waals surface area (Å²) in [5.41, 5.74) is 0. The molecule has 1 fully saturated rings. The van der Waals surface area contributed by atoms with Crippen molar-refractivity contribution in [1.82, 2.24) is 5.01 Å². The summed E-state index contributed by atoms with van der Waals surface area (Å²) >= 11 is 1.89. The summed E-state index contributed by atoms with van der Waals surface area (Å²) in [4.78, 5) is 9.73. The fourth-order valence-corrected chi connectivity index (χ4v) is 1.60. The summed E-state index contributed by atoms with van der Waals surface area (Å²) in [6.45, 7) is 1.78. The van der Waals surface area contributed by atoms with Crippen LogP contribution in [0.2, 0.25) is 0 Å². The molecule has 0 amide bonds. The second-order valence-corrected chi connectivity index (χ2v) is 2.98. The van der Waals surface area contributed by atoms with Gasteiger partial charge in [0.2, 0.25) is 0 Å². The Morgan fingerprint density at radius 2 is 2.11 bits per heavy atom. The van der Waals surface area contributed by atoms with Crippen molar-refractivity contribution in [2.75, 3.05) is 24.6 Å². The van der Waals surface area contributed by atoms with Gasteiger partial charge in [-0.25, -0.2) is 4.79 Å². The van der Waals surface area contributed by atoms with E-state index in [0.717, 1.165) is 24.6 Å². The predicted octanol–water partition coefficient (Wildman–Crippen LogP) is 0.286. The van der Waals surface area contributed by atoms with Crippen LogP contribution in [-0.4, -0.2) is 35.7 Å². The Morgan fingerprint density at radius 3 is 2.67 bits per heavy atom. The smallest absolute Gasteiger partial charge is 0.258 e. The van der Waals surface area contributed by atoms with Gasteiger partial charge in [0.1, 0.15) is 0 Å². The lowest BCUT2D eigenvalue weighted by atomic mass is 10.6. The van der Waals surface area contributed by atoms with Crippen molar-refractivity contribution in [3.63, 3.8) is 0 Å². The molecule has 9 heavy (non-hydrogen) atoms. The van der Waals surface area contributed by atoms with Crippen molar-refractivity contribution in [3.8, 4) is 0 Å². The SMILES string of the molecule is O=C=NN1CCSCC1. The van der Waals surface area contributed by atoms with E-state index in [1.165, 1.54) is 6.08 Å². The van der Waals surface area contributed by atoms with Gasteiger partial charge >= 0.3 is 0 Å². The Hall–Kier alpha value is -0.470. The van der Waals surface area contributed by atoms with Crippen LogP contribution in [0.4, 0.5) is 0 Å². The van der Waals surface area contributed by atoms with Crippen molar-refractivity contribution in [3.05, 3.63) is 0 Å². The summed E-state index contributed by atoms with van der Waals surface area (Å²) in [6.07, 6.45) is 1.53. The molecule has 1 saturated heterocycles. The molecule has 0 aliphatic carbocycles.